The zero-order chi connectivity index (χ0) is 22.7. The molecule has 162 valence electrons. The Morgan fingerprint density at radius 1 is 0.969 bits per heavy atom. The molecule has 0 radical (unpaired) electrons. The minimum atomic E-state index is -4.28. The summed E-state index contributed by atoms with van der Waals surface area (Å²) in [6, 6.07) is 19.2. The lowest BCUT2D eigenvalue weighted by atomic mass is 10.0. The maximum absolute atomic E-state index is 14.0. The van der Waals surface area contributed by atoms with Crippen LogP contribution in [0.5, 0.6) is 0 Å². The molecule has 1 fully saturated rings. The Labute approximate surface area is 184 Å². The number of amides is 2. The van der Waals surface area contributed by atoms with Crippen molar-refractivity contribution >= 4 is 33.0 Å². The van der Waals surface area contributed by atoms with Crippen LogP contribution in [0.2, 0.25) is 0 Å². The molecular weight excluding hydrogens is 431 g/mol. The number of carbonyl (C=O) groups is 2. The van der Waals surface area contributed by atoms with Gasteiger partial charge >= 0.3 is 0 Å². The third-order valence-electron chi connectivity index (χ3n) is 5.91. The summed E-state index contributed by atoms with van der Waals surface area (Å²) < 4.78 is 41.0. The highest BCUT2D eigenvalue weighted by Crippen LogP contribution is 2.52. The van der Waals surface area contributed by atoms with Gasteiger partial charge in [-0.15, -0.1) is 0 Å². The lowest BCUT2D eigenvalue weighted by molar-refractivity contribution is -0.123. The second-order valence-corrected chi connectivity index (χ2v) is 10.1. The van der Waals surface area contributed by atoms with E-state index in [4.69, 9.17) is 0 Å². The van der Waals surface area contributed by atoms with Crippen molar-refractivity contribution in [1.29, 1.82) is 0 Å². The van der Waals surface area contributed by atoms with Crippen LogP contribution in [-0.2, 0) is 30.8 Å². The van der Waals surface area contributed by atoms with Gasteiger partial charge in [0.1, 0.15) is 11.6 Å². The van der Waals surface area contributed by atoms with E-state index in [1.807, 2.05) is 31.2 Å². The normalized spacial score (nSPS) is 21.4. The first-order valence-electron chi connectivity index (χ1n) is 10.0. The van der Waals surface area contributed by atoms with Gasteiger partial charge in [-0.25, -0.2) is 12.8 Å². The number of rotatable bonds is 3. The van der Waals surface area contributed by atoms with Gasteiger partial charge in [0.25, 0.3) is 10.8 Å². The molecule has 1 saturated heterocycles. The van der Waals surface area contributed by atoms with Gasteiger partial charge in [-0.2, -0.15) is 0 Å². The first-order valence-corrected chi connectivity index (χ1v) is 11.7. The maximum atomic E-state index is 14.0. The molecule has 32 heavy (non-hydrogen) atoms. The van der Waals surface area contributed by atoms with Crippen LogP contribution in [0.25, 0.3) is 0 Å². The second-order valence-electron chi connectivity index (χ2n) is 8.01. The van der Waals surface area contributed by atoms with Gasteiger partial charge < -0.3 is 4.90 Å². The molecule has 8 heteroatoms. The number of halogens is 1. The van der Waals surface area contributed by atoms with E-state index in [9.17, 15) is 22.4 Å². The second kappa shape index (κ2) is 7.00. The summed E-state index contributed by atoms with van der Waals surface area (Å²) in [5.41, 5.74) is 2.47. The standard InChI is InChI=1S/C24H19FN2O4S/c1-16-6-4-7-17(12-16)14-26-21-11-3-2-10-20(21)24(23(26)29)27(22(28)15-32(24,30)31)19-9-5-8-18(25)13-19/h2-13H,14-15H2,1H3/t24-/m0/s1. The van der Waals surface area contributed by atoms with Crippen LogP contribution in [0.1, 0.15) is 16.7 Å². The third-order valence-corrected chi connectivity index (χ3v) is 8.02. The largest absolute Gasteiger partial charge is 0.304 e. The van der Waals surface area contributed by atoms with Crippen LogP contribution in [0, 0.1) is 12.7 Å². The molecule has 0 saturated carbocycles. The Balaban J connectivity index is 1.74. The minimum Gasteiger partial charge on any atom is -0.304 e. The number of fused-ring (bicyclic) bond motifs is 2. The van der Waals surface area contributed by atoms with Crippen molar-refractivity contribution < 1.29 is 22.4 Å². The molecule has 3 aromatic carbocycles. The number of aryl methyl sites for hydroxylation is 1. The maximum Gasteiger partial charge on any atom is 0.274 e. The van der Waals surface area contributed by atoms with Crippen molar-refractivity contribution in [2.75, 3.05) is 15.6 Å². The summed E-state index contributed by atoms with van der Waals surface area (Å²) in [5.74, 6) is -2.97. The molecule has 2 aliphatic heterocycles. The predicted octanol–water partition coefficient (Wildman–Crippen LogP) is 3.30. The molecule has 2 aliphatic rings. The summed E-state index contributed by atoms with van der Waals surface area (Å²) in [6.45, 7) is 2.07. The van der Waals surface area contributed by atoms with Crippen molar-refractivity contribution in [3.05, 3.63) is 95.3 Å². The number of para-hydroxylation sites is 1. The Bertz CT molecular complexity index is 1390. The number of carbonyl (C=O) groups excluding carboxylic acids is 2. The number of sulfone groups is 1. The van der Waals surface area contributed by atoms with Crippen LogP contribution in [0.15, 0.2) is 72.8 Å². The number of nitrogens with zero attached hydrogens (tertiary/aromatic N) is 2. The molecule has 1 atom stereocenters. The Hall–Kier alpha value is -3.52. The smallest absolute Gasteiger partial charge is 0.274 e. The summed E-state index contributed by atoms with van der Waals surface area (Å²) >= 11 is 0. The molecule has 5 rings (SSSR count). The van der Waals surface area contributed by atoms with Gasteiger partial charge in [-0.05, 0) is 36.8 Å². The minimum absolute atomic E-state index is 0.0247. The first kappa shape index (κ1) is 20.4. The first-order chi connectivity index (χ1) is 15.3. The van der Waals surface area contributed by atoms with E-state index in [-0.39, 0.29) is 17.8 Å². The number of anilines is 2. The van der Waals surface area contributed by atoms with Gasteiger partial charge in [0.15, 0.2) is 9.84 Å². The number of hydrogen-bond acceptors (Lipinski definition) is 4. The van der Waals surface area contributed by atoms with E-state index in [0.717, 1.165) is 22.1 Å². The molecule has 0 N–H and O–H groups in total. The predicted molar refractivity (Wildman–Crippen MR) is 118 cm³/mol. The average Bonchev–Trinajstić information content (AvgIpc) is 3.11. The van der Waals surface area contributed by atoms with E-state index in [1.54, 1.807) is 24.3 Å². The summed E-state index contributed by atoms with van der Waals surface area (Å²) in [4.78, 5) is 27.0. The fourth-order valence-corrected chi connectivity index (χ4v) is 6.69. The molecule has 2 amide bonds. The van der Waals surface area contributed by atoms with Crippen molar-refractivity contribution in [1.82, 2.24) is 0 Å². The molecule has 6 nitrogen and oxygen atoms in total. The number of benzene rings is 3. The summed E-state index contributed by atoms with van der Waals surface area (Å²) in [7, 11) is -4.28. The highest BCUT2D eigenvalue weighted by molar-refractivity contribution is 7.94. The van der Waals surface area contributed by atoms with Crippen LogP contribution < -0.4 is 9.80 Å². The van der Waals surface area contributed by atoms with E-state index < -0.39 is 38.1 Å². The molecule has 0 aromatic heterocycles. The highest BCUT2D eigenvalue weighted by Gasteiger charge is 2.69. The third kappa shape index (κ3) is 2.72. The van der Waals surface area contributed by atoms with Crippen LogP contribution >= 0.6 is 0 Å². The Kier molecular flexibility index (Phi) is 4.46. The molecule has 0 bridgehead atoms. The fraction of sp³-hybridized carbons (Fsp3) is 0.167. The average molecular weight is 450 g/mol. The Morgan fingerprint density at radius 3 is 2.47 bits per heavy atom. The van der Waals surface area contributed by atoms with Crippen molar-refractivity contribution in [2.45, 2.75) is 18.3 Å². The van der Waals surface area contributed by atoms with E-state index in [0.29, 0.717) is 5.69 Å². The van der Waals surface area contributed by atoms with Crippen molar-refractivity contribution in [3.63, 3.8) is 0 Å². The van der Waals surface area contributed by atoms with Crippen LogP contribution in [0.3, 0.4) is 0 Å². The molecule has 0 aliphatic carbocycles. The SMILES string of the molecule is Cc1cccc(CN2C(=O)[C@@]3(c4ccccc42)N(c2cccc(F)c2)C(=O)CS3(=O)=O)c1. The van der Waals surface area contributed by atoms with Gasteiger partial charge in [0.2, 0.25) is 5.91 Å². The quantitative estimate of drug-likeness (QED) is 0.614. The molecule has 2 heterocycles. The van der Waals surface area contributed by atoms with E-state index in [1.165, 1.54) is 23.1 Å². The monoisotopic (exact) mass is 450 g/mol. The van der Waals surface area contributed by atoms with Crippen LogP contribution in [0.4, 0.5) is 15.8 Å². The van der Waals surface area contributed by atoms with Crippen molar-refractivity contribution in [3.8, 4) is 0 Å². The van der Waals surface area contributed by atoms with E-state index >= 15 is 0 Å². The lowest BCUT2D eigenvalue weighted by Gasteiger charge is -2.32. The highest BCUT2D eigenvalue weighted by atomic mass is 32.2. The summed E-state index contributed by atoms with van der Waals surface area (Å²) in [6.07, 6.45) is 0. The molecule has 1 spiro atoms. The van der Waals surface area contributed by atoms with Gasteiger partial charge in [-0.3, -0.25) is 14.5 Å². The van der Waals surface area contributed by atoms with Crippen LogP contribution in [-0.4, -0.2) is 26.0 Å². The Morgan fingerprint density at radius 2 is 1.72 bits per heavy atom. The van der Waals surface area contributed by atoms with Gasteiger partial charge in [0.05, 0.1) is 12.2 Å². The van der Waals surface area contributed by atoms with E-state index in [2.05, 4.69) is 0 Å². The zero-order valence-electron chi connectivity index (χ0n) is 17.2. The van der Waals surface area contributed by atoms with Gasteiger partial charge in [0, 0.05) is 11.3 Å². The lowest BCUT2D eigenvalue weighted by Crippen LogP contribution is -2.54. The van der Waals surface area contributed by atoms with Crippen molar-refractivity contribution in [2.24, 2.45) is 0 Å². The molecular formula is C24H19FN2O4S. The zero-order valence-corrected chi connectivity index (χ0v) is 18.0. The van der Waals surface area contributed by atoms with Gasteiger partial charge in [-0.1, -0.05) is 54.1 Å². The fourth-order valence-electron chi connectivity index (χ4n) is 4.66. The molecule has 0 unspecified atom stereocenters. The topological polar surface area (TPSA) is 74.8 Å². The summed E-state index contributed by atoms with van der Waals surface area (Å²) in [5, 5.41) is 0. The number of hydrogen-bond donors (Lipinski definition) is 0. The molecule has 3 aromatic rings.